The van der Waals surface area contributed by atoms with Crippen LogP contribution in [0.3, 0.4) is 0 Å². The average Bonchev–Trinajstić information content (AvgIpc) is 2.84. The van der Waals surface area contributed by atoms with E-state index in [1.807, 2.05) is 42.3 Å². The largest absolute Gasteiger partial charge is 0.465 e. The van der Waals surface area contributed by atoms with Crippen molar-refractivity contribution in [2.24, 2.45) is 0 Å². The van der Waals surface area contributed by atoms with Crippen molar-refractivity contribution < 1.29 is 19.1 Å². The van der Waals surface area contributed by atoms with Crippen molar-refractivity contribution in [2.75, 3.05) is 45.2 Å². The van der Waals surface area contributed by atoms with Crippen LogP contribution in [0.25, 0.3) is 0 Å². The number of thiocarbonyl (C=S) groups is 1. The number of esters is 1. The minimum atomic E-state index is -0.437. The maximum Gasteiger partial charge on any atom is 0.306 e. The minimum absolute atomic E-state index is 0.0400. The zero-order chi connectivity index (χ0) is 24.3. The third-order valence-corrected chi connectivity index (χ3v) is 5.71. The number of benzene rings is 2. The summed E-state index contributed by atoms with van der Waals surface area (Å²) in [6.45, 7) is 3.23. The maximum absolute atomic E-state index is 13.0. The van der Waals surface area contributed by atoms with Gasteiger partial charge < -0.3 is 25.2 Å². The quantitative estimate of drug-likeness (QED) is 0.441. The fourth-order valence-electron chi connectivity index (χ4n) is 3.52. The number of carbonyl (C=O) groups excluding carboxylic acids is 3. The fraction of sp³-hybridized carbons (Fsp3) is 0.360. The molecule has 0 bridgehead atoms. The Morgan fingerprint density at radius 2 is 1.62 bits per heavy atom. The van der Waals surface area contributed by atoms with Gasteiger partial charge in [0.25, 0.3) is 5.91 Å². The Bertz CT molecular complexity index is 1010. The molecule has 8 nitrogen and oxygen atoms in total. The molecule has 0 aromatic heterocycles. The Hall–Kier alpha value is -3.30. The average molecular weight is 483 g/mol. The monoisotopic (exact) mass is 482 g/mol. The van der Waals surface area contributed by atoms with Gasteiger partial charge in [0.05, 0.1) is 24.3 Å². The smallest absolute Gasteiger partial charge is 0.306 e. The number of anilines is 1. The first-order valence-corrected chi connectivity index (χ1v) is 11.7. The first-order valence-electron chi connectivity index (χ1n) is 11.3. The van der Waals surface area contributed by atoms with E-state index in [1.165, 1.54) is 0 Å². The predicted molar refractivity (Wildman–Crippen MR) is 135 cm³/mol. The summed E-state index contributed by atoms with van der Waals surface area (Å²) in [4.78, 5) is 41.1. The highest BCUT2D eigenvalue weighted by atomic mass is 32.1. The van der Waals surface area contributed by atoms with Crippen molar-refractivity contribution in [3.63, 3.8) is 0 Å². The van der Waals surface area contributed by atoms with Crippen LogP contribution in [-0.4, -0.2) is 72.5 Å². The number of nitrogens with one attached hydrogen (secondary N) is 2. The van der Waals surface area contributed by atoms with Gasteiger partial charge in [0.1, 0.15) is 0 Å². The van der Waals surface area contributed by atoms with Crippen molar-refractivity contribution in [3.05, 3.63) is 65.7 Å². The van der Waals surface area contributed by atoms with Crippen molar-refractivity contribution >= 4 is 40.8 Å². The summed E-state index contributed by atoms with van der Waals surface area (Å²) in [7, 11) is 2.03. The highest BCUT2D eigenvalue weighted by Gasteiger charge is 2.22. The summed E-state index contributed by atoms with van der Waals surface area (Å²) >= 11 is 5.24. The molecule has 2 amide bonds. The third kappa shape index (κ3) is 7.93. The van der Waals surface area contributed by atoms with E-state index in [1.54, 1.807) is 24.3 Å². The van der Waals surface area contributed by atoms with E-state index < -0.39 is 11.9 Å². The Balaban J connectivity index is 1.42. The molecule has 0 unspecified atom stereocenters. The molecule has 9 heteroatoms. The number of carbonyl (C=O) groups is 3. The molecule has 0 spiro atoms. The van der Waals surface area contributed by atoms with Gasteiger partial charge in [0, 0.05) is 39.0 Å². The van der Waals surface area contributed by atoms with E-state index in [0.717, 1.165) is 18.7 Å². The summed E-state index contributed by atoms with van der Waals surface area (Å²) in [5.74, 6) is -0.919. The van der Waals surface area contributed by atoms with Crippen LogP contribution in [0.15, 0.2) is 54.6 Å². The molecule has 1 saturated heterocycles. The normalized spacial score (nSPS) is 13.7. The lowest BCUT2D eigenvalue weighted by atomic mass is 10.1. The number of ether oxygens (including phenoxy) is 1. The standard InChI is InChI=1S/C25H30N4O4S/c1-28-14-16-29(17-15-28)24(32)20-9-5-6-10-21(20)26-25(34)27-22(30)11-12-23(31)33-18-13-19-7-3-2-4-8-19/h2-10H,11-18H2,1H3,(H2,26,27,30,34). The van der Waals surface area contributed by atoms with Gasteiger partial charge in [-0.1, -0.05) is 42.5 Å². The van der Waals surface area contributed by atoms with Crippen LogP contribution in [0.5, 0.6) is 0 Å². The SMILES string of the molecule is CN1CCN(C(=O)c2ccccc2NC(=S)NC(=O)CCC(=O)OCCc2ccccc2)CC1. The second-order valence-corrected chi connectivity index (χ2v) is 8.51. The number of piperazine rings is 1. The minimum Gasteiger partial charge on any atom is -0.465 e. The third-order valence-electron chi connectivity index (χ3n) is 5.50. The van der Waals surface area contributed by atoms with Crippen molar-refractivity contribution in [1.82, 2.24) is 15.1 Å². The van der Waals surface area contributed by atoms with Gasteiger partial charge in [0.2, 0.25) is 5.91 Å². The molecule has 2 aromatic carbocycles. The molecule has 0 saturated carbocycles. The van der Waals surface area contributed by atoms with Crippen molar-refractivity contribution in [1.29, 1.82) is 0 Å². The number of nitrogens with zero attached hydrogens (tertiary/aromatic N) is 2. The second-order valence-electron chi connectivity index (χ2n) is 8.10. The molecule has 34 heavy (non-hydrogen) atoms. The molecule has 2 N–H and O–H groups in total. The van der Waals surface area contributed by atoms with E-state index >= 15 is 0 Å². The van der Waals surface area contributed by atoms with Gasteiger partial charge in [0.15, 0.2) is 5.11 Å². The highest BCUT2D eigenvalue weighted by Crippen LogP contribution is 2.18. The van der Waals surface area contributed by atoms with Crippen LogP contribution in [0.1, 0.15) is 28.8 Å². The molecular weight excluding hydrogens is 452 g/mol. The second kappa shape index (κ2) is 12.8. The van der Waals surface area contributed by atoms with Crippen LogP contribution >= 0.6 is 12.2 Å². The molecule has 1 aliphatic heterocycles. The molecule has 0 atom stereocenters. The van der Waals surface area contributed by atoms with E-state index in [0.29, 0.717) is 30.8 Å². The molecule has 3 rings (SSSR count). The van der Waals surface area contributed by atoms with Gasteiger partial charge in [-0.15, -0.1) is 0 Å². The van der Waals surface area contributed by atoms with Crippen molar-refractivity contribution in [3.8, 4) is 0 Å². The summed E-state index contributed by atoms with van der Waals surface area (Å²) < 4.78 is 5.19. The van der Waals surface area contributed by atoms with Gasteiger partial charge in [-0.3, -0.25) is 14.4 Å². The number of rotatable bonds is 8. The zero-order valence-electron chi connectivity index (χ0n) is 19.3. The fourth-order valence-corrected chi connectivity index (χ4v) is 3.74. The lowest BCUT2D eigenvalue weighted by Crippen LogP contribution is -2.47. The van der Waals surface area contributed by atoms with Crippen LogP contribution in [0.2, 0.25) is 0 Å². The number of para-hydroxylation sites is 1. The van der Waals surface area contributed by atoms with Gasteiger partial charge in [-0.05, 0) is 37.0 Å². The summed E-state index contributed by atoms with van der Waals surface area (Å²) in [5.41, 5.74) is 2.10. The Kier molecular flexibility index (Phi) is 9.54. The van der Waals surface area contributed by atoms with Crippen LogP contribution in [-0.2, 0) is 20.7 Å². The molecular formula is C25H30N4O4S. The van der Waals surface area contributed by atoms with Crippen LogP contribution in [0.4, 0.5) is 5.69 Å². The number of hydrogen-bond acceptors (Lipinski definition) is 6. The topological polar surface area (TPSA) is 91.0 Å². The molecule has 1 heterocycles. The highest BCUT2D eigenvalue weighted by molar-refractivity contribution is 7.80. The predicted octanol–water partition coefficient (Wildman–Crippen LogP) is 2.45. The first kappa shape index (κ1) is 25.3. The lowest BCUT2D eigenvalue weighted by Gasteiger charge is -2.32. The van der Waals surface area contributed by atoms with Crippen LogP contribution < -0.4 is 10.6 Å². The lowest BCUT2D eigenvalue weighted by molar-refractivity contribution is -0.144. The van der Waals surface area contributed by atoms with Gasteiger partial charge in [-0.2, -0.15) is 0 Å². The molecule has 180 valence electrons. The van der Waals surface area contributed by atoms with Gasteiger partial charge in [-0.25, -0.2) is 0 Å². The number of hydrogen-bond donors (Lipinski definition) is 2. The van der Waals surface area contributed by atoms with Crippen molar-refractivity contribution in [2.45, 2.75) is 19.3 Å². The maximum atomic E-state index is 13.0. The Morgan fingerprint density at radius 3 is 2.35 bits per heavy atom. The number of likely N-dealkylation sites (N-methyl/N-ethyl adjacent to an activating group) is 1. The molecule has 1 aliphatic rings. The van der Waals surface area contributed by atoms with E-state index in [4.69, 9.17) is 17.0 Å². The van der Waals surface area contributed by atoms with Gasteiger partial charge >= 0.3 is 5.97 Å². The van der Waals surface area contributed by atoms with E-state index in [-0.39, 0.29) is 30.5 Å². The number of amides is 2. The van der Waals surface area contributed by atoms with Crippen LogP contribution in [0, 0.1) is 0 Å². The Morgan fingerprint density at radius 1 is 0.941 bits per heavy atom. The Labute approximate surface area is 205 Å². The molecule has 2 aromatic rings. The van der Waals surface area contributed by atoms with E-state index in [2.05, 4.69) is 15.5 Å². The molecule has 1 fully saturated rings. The first-order chi connectivity index (χ1) is 16.4. The summed E-state index contributed by atoms with van der Waals surface area (Å²) in [6, 6.07) is 16.8. The summed E-state index contributed by atoms with van der Waals surface area (Å²) in [6.07, 6.45) is 0.536. The molecule has 0 radical (unpaired) electrons. The molecule has 0 aliphatic carbocycles. The zero-order valence-corrected chi connectivity index (χ0v) is 20.1. The summed E-state index contributed by atoms with van der Waals surface area (Å²) in [5, 5.41) is 5.57. The van der Waals surface area contributed by atoms with E-state index in [9.17, 15) is 14.4 Å².